The third-order valence-electron chi connectivity index (χ3n) is 2.90. The molecule has 1 aromatic heterocycles. The molecule has 3 nitrogen and oxygen atoms in total. The van der Waals surface area contributed by atoms with Gasteiger partial charge in [0, 0.05) is 24.4 Å². The number of hydrogen-bond donors (Lipinski definition) is 0. The maximum absolute atomic E-state index is 12.2. The van der Waals surface area contributed by atoms with Crippen molar-refractivity contribution < 1.29 is 4.79 Å². The van der Waals surface area contributed by atoms with Gasteiger partial charge in [-0.15, -0.1) is 0 Å². The van der Waals surface area contributed by atoms with E-state index in [1.54, 1.807) is 12.4 Å². The van der Waals surface area contributed by atoms with Gasteiger partial charge in [-0.3, -0.25) is 14.8 Å². The quantitative estimate of drug-likeness (QED) is 0.772. The highest BCUT2D eigenvalue weighted by Crippen LogP contribution is 2.23. The van der Waals surface area contributed by atoms with Gasteiger partial charge in [0.15, 0.2) is 5.78 Å². The number of carbonyl (C=O) groups is 1. The molecule has 3 heteroatoms. The number of carbonyl (C=O) groups excluding carboxylic acids is 1. The zero-order chi connectivity index (χ0) is 13.2. The van der Waals surface area contributed by atoms with Crippen LogP contribution in [0.3, 0.4) is 0 Å². The maximum Gasteiger partial charge on any atom is 0.165 e. The average molecular weight is 242 g/mol. The highest BCUT2D eigenvalue weighted by molar-refractivity contribution is 6.05. The average Bonchev–Trinajstić information content (AvgIpc) is 2.34. The van der Waals surface area contributed by atoms with E-state index in [1.165, 1.54) is 0 Å². The molecule has 0 N–H and O–H groups in total. The molecule has 1 heterocycles. The summed E-state index contributed by atoms with van der Waals surface area (Å²) in [6, 6.07) is 5.58. The van der Waals surface area contributed by atoms with Crippen molar-refractivity contribution in [2.24, 2.45) is 5.41 Å². The molecule has 0 fully saturated rings. The minimum absolute atomic E-state index is 0.149. The predicted molar refractivity (Wildman–Crippen MR) is 72.6 cm³/mol. The van der Waals surface area contributed by atoms with Crippen molar-refractivity contribution in [3.8, 4) is 0 Å². The Morgan fingerprint density at radius 2 is 1.89 bits per heavy atom. The fraction of sp³-hybridized carbons (Fsp3) is 0.400. The smallest absolute Gasteiger partial charge is 0.165 e. The summed E-state index contributed by atoms with van der Waals surface area (Å²) in [7, 11) is 0. The topological polar surface area (TPSA) is 42.9 Å². The molecule has 0 saturated carbocycles. The first-order valence-electron chi connectivity index (χ1n) is 6.20. The Kier molecular flexibility index (Phi) is 3.41. The molecule has 0 spiro atoms. The molecule has 0 amide bonds. The highest BCUT2D eigenvalue weighted by atomic mass is 16.1. The summed E-state index contributed by atoms with van der Waals surface area (Å²) < 4.78 is 0. The molecule has 1 aromatic carbocycles. The van der Waals surface area contributed by atoms with Crippen molar-refractivity contribution in [1.82, 2.24) is 9.97 Å². The van der Waals surface area contributed by atoms with E-state index in [0.717, 1.165) is 11.9 Å². The lowest BCUT2D eigenvalue weighted by Crippen LogP contribution is -2.09. The van der Waals surface area contributed by atoms with Crippen molar-refractivity contribution in [3.63, 3.8) is 0 Å². The first kappa shape index (κ1) is 12.7. The fourth-order valence-corrected chi connectivity index (χ4v) is 1.84. The monoisotopic (exact) mass is 242 g/mol. The second-order valence-electron chi connectivity index (χ2n) is 5.71. The Labute approximate surface area is 107 Å². The normalized spacial score (nSPS) is 11.7. The van der Waals surface area contributed by atoms with Crippen molar-refractivity contribution in [1.29, 1.82) is 0 Å². The second-order valence-corrected chi connectivity index (χ2v) is 5.71. The SMILES string of the molecule is CC(C)(C)CCC(=O)c1cccc2nccnc12. The number of para-hydroxylation sites is 1. The van der Waals surface area contributed by atoms with Crippen LogP contribution in [0, 0.1) is 5.41 Å². The van der Waals surface area contributed by atoms with E-state index in [2.05, 4.69) is 30.7 Å². The van der Waals surface area contributed by atoms with Crippen LogP contribution in [0.1, 0.15) is 44.0 Å². The lowest BCUT2D eigenvalue weighted by molar-refractivity contribution is 0.0967. The van der Waals surface area contributed by atoms with Crippen LogP contribution in [0.2, 0.25) is 0 Å². The summed E-state index contributed by atoms with van der Waals surface area (Å²) in [5.41, 5.74) is 2.34. The van der Waals surface area contributed by atoms with Crippen molar-refractivity contribution in [3.05, 3.63) is 36.2 Å². The number of aromatic nitrogens is 2. The summed E-state index contributed by atoms with van der Waals surface area (Å²) in [5.74, 6) is 0.149. The number of fused-ring (bicyclic) bond motifs is 1. The van der Waals surface area contributed by atoms with Gasteiger partial charge < -0.3 is 0 Å². The van der Waals surface area contributed by atoms with Crippen LogP contribution in [0.4, 0.5) is 0 Å². The number of Topliss-reactive ketones (excluding diaryl/α,β-unsaturated/α-hetero) is 1. The summed E-state index contributed by atoms with van der Waals surface area (Å²) in [5, 5.41) is 0. The van der Waals surface area contributed by atoms with Crippen LogP contribution in [0.5, 0.6) is 0 Å². The molecule has 2 aromatic rings. The van der Waals surface area contributed by atoms with E-state index in [9.17, 15) is 4.79 Å². The highest BCUT2D eigenvalue weighted by Gasteiger charge is 2.16. The molecule has 0 aliphatic heterocycles. The van der Waals surface area contributed by atoms with Gasteiger partial charge in [0.05, 0.1) is 11.0 Å². The Morgan fingerprint density at radius 3 is 2.61 bits per heavy atom. The second kappa shape index (κ2) is 4.84. The first-order chi connectivity index (χ1) is 8.47. The summed E-state index contributed by atoms with van der Waals surface area (Å²) in [6.07, 6.45) is 4.70. The van der Waals surface area contributed by atoms with E-state index in [-0.39, 0.29) is 11.2 Å². The number of nitrogens with zero attached hydrogens (tertiary/aromatic N) is 2. The lowest BCUT2D eigenvalue weighted by Gasteiger charge is -2.17. The molecule has 2 rings (SSSR count). The third-order valence-corrected chi connectivity index (χ3v) is 2.90. The Morgan fingerprint density at radius 1 is 1.17 bits per heavy atom. The first-order valence-corrected chi connectivity index (χ1v) is 6.20. The number of rotatable bonds is 3. The van der Waals surface area contributed by atoms with Crippen molar-refractivity contribution in [2.75, 3.05) is 0 Å². The summed E-state index contributed by atoms with van der Waals surface area (Å²) in [4.78, 5) is 20.7. The van der Waals surface area contributed by atoms with Crippen LogP contribution < -0.4 is 0 Å². The Bertz CT molecular complexity index is 565. The molecule has 0 unspecified atom stereocenters. The fourth-order valence-electron chi connectivity index (χ4n) is 1.84. The van der Waals surface area contributed by atoms with Gasteiger partial charge in [-0.2, -0.15) is 0 Å². The molecular weight excluding hydrogens is 224 g/mol. The lowest BCUT2D eigenvalue weighted by atomic mass is 9.88. The van der Waals surface area contributed by atoms with Crippen LogP contribution in [-0.4, -0.2) is 15.8 Å². The Hall–Kier alpha value is -1.77. The van der Waals surface area contributed by atoms with Crippen LogP contribution in [-0.2, 0) is 0 Å². The minimum atomic E-state index is 0.149. The van der Waals surface area contributed by atoms with E-state index >= 15 is 0 Å². The molecule has 0 aliphatic carbocycles. The Balaban J connectivity index is 2.28. The minimum Gasteiger partial charge on any atom is -0.294 e. The van der Waals surface area contributed by atoms with Gasteiger partial charge in [0.25, 0.3) is 0 Å². The number of ketones is 1. The van der Waals surface area contributed by atoms with Crippen molar-refractivity contribution >= 4 is 16.8 Å². The largest absolute Gasteiger partial charge is 0.294 e. The summed E-state index contributed by atoms with van der Waals surface area (Å²) in [6.45, 7) is 6.43. The van der Waals surface area contributed by atoms with E-state index in [0.29, 0.717) is 17.5 Å². The van der Waals surface area contributed by atoms with Gasteiger partial charge in [0.1, 0.15) is 0 Å². The van der Waals surface area contributed by atoms with Gasteiger partial charge >= 0.3 is 0 Å². The summed E-state index contributed by atoms with van der Waals surface area (Å²) >= 11 is 0. The van der Waals surface area contributed by atoms with Gasteiger partial charge in [-0.1, -0.05) is 26.8 Å². The zero-order valence-electron chi connectivity index (χ0n) is 11.1. The van der Waals surface area contributed by atoms with Crippen molar-refractivity contribution in [2.45, 2.75) is 33.6 Å². The molecule has 0 saturated heterocycles. The van der Waals surface area contributed by atoms with Crippen LogP contribution >= 0.6 is 0 Å². The van der Waals surface area contributed by atoms with Gasteiger partial charge in [0.2, 0.25) is 0 Å². The predicted octanol–water partition coefficient (Wildman–Crippen LogP) is 3.64. The maximum atomic E-state index is 12.2. The van der Waals surface area contributed by atoms with Gasteiger partial charge in [-0.25, -0.2) is 0 Å². The molecule has 0 atom stereocenters. The molecule has 0 aliphatic rings. The molecule has 94 valence electrons. The molecule has 18 heavy (non-hydrogen) atoms. The molecule has 0 bridgehead atoms. The van der Waals surface area contributed by atoms with Gasteiger partial charge in [-0.05, 0) is 24.0 Å². The third kappa shape index (κ3) is 2.92. The molecule has 0 radical (unpaired) electrons. The number of hydrogen-bond acceptors (Lipinski definition) is 3. The van der Waals surface area contributed by atoms with Crippen LogP contribution in [0.25, 0.3) is 11.0 Å². The number of benzene rings is 1. The van der Waals surface area contributed by atoms with E-state index in [1.807, 2.05) is 18.2 Å². The molecular formula is C15H18N2O. The standard InChI is InChI=1S/C15H18N2O/c1-15(2,3)8-7-13(18)11-5-4-6-12-14(11)17-10-9-16-12/h4-6,9-10H,7-8H2,1-3H3. The van der Waals surface area contributed by atoms with E-state index < -0.39 is 0 Å². The van der Waals surface area contributed by atoms with Crippen LogP contribution in [0.15, 0.2) is 30.6 Å². The zero-order valence-corrected chi connectivity index (χ0v) is 11.1. The van der Waals surface area contributed by atoms with E-state index in [4.69, 9.17) is 0 Å².